The lowest BCUT2D eigenvalue weighted by Crippen LogP contribution is -2.10. The molecule has 1 unspecified atom stereocenters. The minimum atomic E-state index is 0.344. The maximum Gasteiger partial charge on any atom is 0.122 e. The van der Waals surface area contributed by atoms with Crippen LogP contribution in [-0.4, -0.2) is 4.57 Å². The largest absolute Gasteiger partial charge is 0.397 e. The molecule has 76 valence electrons. The van der Waals surface area contributed by atoms with Gasteiger partial charge >= 0.3 is 0 Å². The van der Waals surface area contributed by atoms with Crippen LogP contribution in [0.4, 0.5) is 5.69 Å². The number of nitrogen functional groups attached to an aromatic ring is 1. The lowest BCUT2D eigenvalue weighted by Gasteiger charge is -2.16. The molecule has 3 nitrogen and oxygen atoms in total. The van der Waals surface area contributed by atoms with Crippen molar-refractivity contribution >= 4 is 5.69 Å². The number of nitrogens with zero attached hydrogens (tertiary/aromatic N) is 2. The summed E-state index contributed by atoms with van der Waals surface area (Å²) in [5.41, 5.74) is 8.34. The number of aromatic nitrogens is 1. The molecule has 0 aliphatic heterocycles. The number of hydrogen-bond acceptors (Lipinski definition) is 2. The zero-order valence-electron chi connectivity index (χ0n) is 9.04. The summed E-state index contributed by atoms with van der Waals surface area (Å²) in [4.78, 5) is 0. The third-order valence-corrected chi connectivity index (χ3v) is 2.66. The first-order chi connectivity index (χ1) is 6.65. The van der Waals surface area contributed by atoms with Gasteiger partial charge in [0.05, 0.1) is 5.69 Å². The molecule has 1 aromatic heterocycles. The van der Waals surface area contributed by atoms with Gasteiger partial charge in [-0.2, -0.15) is 5.26 Å². The van der Waals surface area contributed by atoms with E-state index in [0.717, 1.165) is 24.2 Å². The molecule has 0 spiro atoms. The van der Waals surface area contributed by atoms with Gasteiger partial charge in [-0.1, -0.05) is 13.8 Å². The number of anilines is 1. The first-order valence-electron chi connectivity index (χ1n) is 5.05. The van der Waals surface area contributed by atoms with Crippen LogP contribution in [0.2, 0.25) is 0 Å². The Hall–Kier alpha value is -1.43. The molecule has 0 saturated carbocycles. The second-order valence-electron chi connectivity index (χ2n) is 3.52. The Morgan fingerprint density at radius 2 is 2.21 bits per heavy atom. The van der Waals surface area contributed by atoms with Crippen molar-refractivity contribution in [1.82, 2.24) is 4.57 Å². The van der Waals surface area contributed by atoms with Gasteiger partial charge in [-0.3, -0.25) is 0 Å². The van der Waals surface area contributed by atoms with Gasteiger partial charge in [-0.05, 0) is 25.8 Å². The Kier molecular flexibility index (Phi) is 3.19. The second kappa shape index (κ2) is 4.19. The number of nitriles is 1. The first kappa shape index (κ1) is 10.6. The van der Waals surface area contributed by atoms with Crippen LogP contribution in [0.5, 0.6) is 0 Å². The minimum Gasteiger partial charge on any atom is -0.397 e. The molecule has 3 heteroatoms. The van der Waals surface area contributed by atoms with E-state index in [9.17, 15) is 0 Å². The van der Waals surface area contributed by atoms with Crippen LogP contribution in [0.15, 0.2) is 6.07 Å². The van der Waals surface area contributed by atoms with Crippen LogP contribution >= 0.6 is 0 Å². The van der Waals surface area contributed by atoms with E-state index in [1.54, 1.807) is 6.07 Å². The fraction of sp³-hybridized carbons (Fsp3) is 0.545. The second-order valence-corrected chi connectivity index (χ2v) is 3.52. The van der Waals surface area contributed by atoms with Gasteiger partial charge < -0.3 is 10.3 Å². The van der Waals surface area contributed by atoms with Crippen LogP contribution < -0.4 is 5.73 Å². The summed E-state index contributed by atoms with van der Waals surface area (Å²) in [5.74, 6) is 0. The molecule has 1 aromatic rings. The Balaban J connectivity index is 3.29. The number of nitrogens with two attached hydrogens (primary N) is 1. The first-order valence-corrected chi connectivity index (χ1v) is 5.05. The Bertz CT molecular complexity index is 357. The molecule has 0 saturated heterocycles. The highest BCUT2D eigenvalue weighted by Crippen LogP contribution is 2.24. The fourth-order valence-corrected chi connectivity index (χ4v) is 1.73. The average molecular weight is 191 g/mol. The standard InChI is InChI=1S/C11H17N3/c1-4-8(3)14-9(7-12)6-10(13)11(14)5-2/h6,8H,4-5,13H2,1-3H3. The van der Waals surface area contributed by atoms with Crippen LogP contribution in [0.1, 0.15) is 44.6 Å². The van der Waals surface area contributed by atoms with Crippen molar-refractivity contribution in [3.05, 3.63) is 17.5 Å². The molecule has 1 rings (SSSR count). The highest BCUT2D eigenvalue weighted by Gasteiger charge is 2.14. The summed E-state index contributed by atoms with van der Waals surface area (Å²) in [6, 6.07) is 4.30. The normalized spacial score (nSPS) is 12.4. The fourth-order valence-electron chi connectivity index (χ4n) is 1.73. The highest BCUT2D eigenvalue weighted by atomic mass is 15.0. The third kappa shape index (κ3) is 1.60. The van der Waals surface area contributed by atoms with E-state index in [0.29, 0.717) is 11.7 Å². The van der Waals surface area contributed by atoms with E-state index in [1.807, 2.05) is 0 Å². The maximum absolute atomic E-state index is 8.97. The summed E-state index contributed by atoms with van der Waals surface area (Å²) in [6.45, 7) is 6.28. The van der Waals surface area contributed by atoms with Crippen molar-refractivity contribution in [2.24, 2.45) is 0 Å². The molecule has 0 bridgehead atoms. The van der Waals surface area contributed by atoms with E-state index in [2.05, 4.69) is 31.4 Å². The van der Waals surface area contributed by atoms with Gasteiger partial charge in [0.25, 0.3) is 0 Å². The van der Waals surface area contributed by atoms with E-state index in [-0.39, 0.29) is 0 Å². The van der Waals surface area contributed by atoms with Crippen LogP contribution in [0.25, 0.3) is 0 Å². The van der Waals surface area contributed by atoms with Gasteiger partial charge in [0.15, 0.2) is 0 Å². The summed E-state index contributed by atoms with van der Waals surface area (Å²) in [6.07, 6.45) is 1.88. The minimum absolute atomic E-state index is 0.344. The van der Waals surface area contributed by atoms with Crippen LogP contribution in [-0.2, 0) is 6.42 Å². The van der Waals surface area contributed by atoms with Gasteiger partial charge in [0.1, 0.15) is 11.8 Å². The Morgan fingerprint density at radius 1 is 1.57 bits per heavy atom. The lowest BCUT2D eigenvalue weighted by molar-refractivity contribution is 0.512. The summed E-state index contributed by atoms with van der Waals surface area (Å²) >= 11 is 0. The van der Waals surface area contributed by atoms with Crippen molar-refractivity contribution in [2.45, 2.75) is 39.7 Å². The van der Waals surface area contributed by atoms with E-state index in [4.69, 9.17) is 11.0 Å². The van der Waals surface area contributed by atoms with E-state index in [1.165, 1.54) is 0 Å². The molecule has 0 amide bonds. The molecule has 0 aliphatic rings. The SMILES string of the molecule is CCc1c(N)cc(C#N)n1C(C)CC. The third-order valence-electron chi connectivity index (χ3n) is 2.66. The zero-order chi connectivity index (χ0) is 10.7. The monoisotopic (exact) mass is 191 g/mol. The smallest absolute Gasteiger partial charge is 0.122 e. The quantitative estimate of drug-likeness (QED) is 0.798. The summed E-state index contributed by atoms with van der Waals surface area (Å²) in [7, 11) is 0. The van der Waals surface area contributed by atoms with E-state index >= 15 is 0 Å². The number of rotatable bonds is 3. The van der Waals surface area contributed by atoms with Crippen molar-refractivity contribution in [3.8, 4) is 6.07 Å². The van der Waals surface area contributed by atoms with Gasteiger partial charge in [-0.15, -0.1) is 0 Å². The van der Waals surface area contributed by atoms with E-state index < -0.39 is 0 Å². The maximum atomic E-state index is 8.97. The molecular weight excluding hydrogens is 174 g/mol. The van der Waals surface area contributed by atoms with Crippen molar-refractivity contribution in [3.63, 3.8) is 0 Å². The van der Waals surface area contributed by atoms with Gasteiger partial charge in [0, 0.05) is 11.7 Å². The van der Waals surface area contributed by atoms with Gasteiger partial charge in [-0.25, -0.2) is 0 Å². The van der Waals surface area contributed by atoms with Crippen molar-refractivity contribution in [2.75, 3.05) is 5.73 Å². The predicted molar refractivity (Wildman–Crippen MR) is 57.9 cm³/mol. The molecule has 2 N–H and O–H groups in total. The Morgan fingerprint density at radius 3 is 2.64 bits per heavy atom. The highest BCUT2D eigenvalue weighted by molar-refractivity contribution is 5.51. The topological polar surface area (TPSA) is 54.7 Å². The lowest BCUT2D eigenvalue weighted by atomic mass is 10.2. The number of hydrogen-bond donors (Lipinski definition) is 1. The summed E-state index contributed by atoms with van der Waals surface area (Å²) in [5, 5.41) is 8.97. The molecule has 1 heterocycles. The average Bonchev–Trinajstić information content (AvgIpc) is 2.53. The molecule has 0 aromatic carbocycles. The molecule has 14 heavy (non-hydrogen) atoms. The zero-order valence-corrected chi connectivity index (χ0v) is 9.04. The molecule has 1 atom stereocenters. The van der Waals surface area contributed by atoms with Crippen molar-refractivity contribution < 1.29 is 0 Å². The summed E-state index contributed by atoms with van der Waals surface area (Å²) < 4.78 is 2.05. The van der Waals surface area contributed by atoms with Crippen molar-refractivity contribution in [1.29, 1.82) is 5.26 Å². The Labute approximate surface area is 85.1 Å². The molecule has 0 aliphatic carbocycles. The molecule has 0 fully saturated rings. The molecular formula is C11H17N3. The van der Waals surface area contributed by atoms with Gasteiger partial charge in [0.2, 0.25) is 0 Å². The van der Waals surface area contributed by atoms with Crippen LogP contribution in [0, 0.1) is 11.3 Å². The predicted octanol–water partition coefficient (Wildman–Crippen LogP) is 2.48. The molecule has 0 radical (unpaired) electrons. The van der Waals surface area contributed by atoms with Crippen LogP contribution in [0.3, 0.4) is 0 Å².